The fourth-order valence-corrected chi connectivity index (χ4v) is 1.76. The van der Waals surface area contributed by atoms with Gasteiger partial charge in [0.1, 0.15) is 5.82 Å². The van der Waals surface area contributed by atoms with Crippen molar-refractivity contribution in [3.8, 4) is 0 Å². The zero-order valence-corrected chi connectivity index (χ0v) is 11.1. The first-order valence-electron chi connectivity index (χ1n) is 5.85. The number of aromatic nitrogens is 1. The summed E-state index contributed by atoms with van der Waals surface area (Å²) in [4.78, 5) is 15.4. The Hall–Kier alpha value is -2.07. The number of anilines is 2. The summed E-state index contributed by atoms with van der Waals surface area (Å²) in [5, 5.41) is 12.8. The largest absolute Gasteiger partial charge is 0.478 e. The molecule has 2 aromatic rings. The predicted molar refractivity (Wildman–Crippen MR) is 75.3 cm³/mol. The van der Waals surface area contributed by atoms with E-state index in [0.29, 0.717) is 17.3 Å². The van der Waals surface area contributed by atoms with E-state index in [9.17, 15) is 4.79 Å². The van der Waals surface area contributed by atoms with Crippen LogP contribution in [-0.4, -0.2) is 16.1 Å². The quantitative estimate of drug-likeness (QED) is 0.893. The highest BCUT2D eigenvalue weighted by Crippen LogP contribution is 2.19. The maximum Gasteiger partial charge on any atom is 0.335 e. The van der Waals surface area contributed by atoms with Gasteiger partial charge in [0.25, 0.3) is 0 Å². The van der Waals surface area contributed by atoms with Crippen LogP contribution >= 0.6 is 11.6 Å². The minimum absolute atomic E-state index is 0.225. The first-order chi connectivity index (χ1) is 9.08. The molecule has 0 spiro atoms. The van der Waals surface area contributed by atoms with Crippen LogP contribution in [0.3, 0.4) is 0 Å². The predicted octanol–water partition coefficient (Wildman–Crippen LogP) is 3.74. The molecule has 98 valence electrons. The van der Waals surface area contributed by atoms with Crippen LogP contribution < -0.4 is 5.32 Å². The maximum absolute atomic E-state index is 11.0. The number of aromatic carboxylic acids is 1. The minimum atomic E-state index is -0.962. The molecule has 0 fully saturated rings. The molecule has 5 heteroatoms. The second-order valence-corrected chi connectivity index (χ2v) is 4.46. The molecule has 2 N–H and O–H groups in total. The molecule has 0 saturated heterocycles. The van der Waals surface area contributed by atoms with Gasteiger partial charge in [0, 0.05) is 16.4 Å². The normalized spacial score (nSPS) is 10.2. The molecule has 0 amide bonds. The number of rotatable bonds is 4. The molecule has 19 heavy (non-hydrogen) atoms. The highest BCUT2D eigenvalue weighted by Gasteiger charge is 2.08. The minimum Gasteiger partial charge on any atom is -0.478 e. The van der Waals surface area contributed by atoms with E-state index < -0.39 is 5.97 Å². The lowest BCUT2D eigenvalue weighted by Gasteiger charge is -2.08. The van der Waals surface area contributed by atoms with E-state index in [1.54, 1.807) is 18.2 Å². The Morgan fingerprint density at radius 2 is 2.00 bits per heavy atom. The Bertz CT molecular complexity index is 597. The number of hydrogen-bond donors (Lipinski definition) is 2. The Morgan fingerprint density at radius 1 is 1.32 bits per heavy atom. The number of aryl methyl sites for hydroxylation is 1. The van der Waals surface area contributed by atoms with Crippen molar-refractivity contribution in [2.45, 2.75) is 13.3 Å². The van der Waals surface area contributed by atoms with Crippen molar-refractivity contribution in [1.82, 2.24) is 4.98 Å². The van der Waals surface area contributed by atoms with Crippen LogP contribution in [0.15, 0.2) is 36.4 Å². The molecule has 0 aliphatic heterocycles. The van der Waals surface area contributed by atoms with Crippen molar-refractivity contribution >= 4 is 29.1 Å². The van der Waals surface area contributed by atoms with Gasteiger partial charge in [-0.2, -0.15) is 0 Å². The van der Waals surface area contributed by atoms with Crippen LogP contribution in [-0.2, 0) is 6.42 Å². The lowest BCUT2D eigenvalue weighted by molar-refractivity contribution is 0.0696. The Kier molecular flexibility index (Phi) is 4.02. The average Bonchev–Trinajstić information content (AvgIpc) is 2.41. The standard InChI is InChI=1S/C14H13ClN2O2/c1-2-11-7-9(14(18)19)8-13(16-11)17-12-5-3-10(15)4-6-12/h3-8H,2H2,1H3,(H,16,17)(H,18,19). The fourth-order valence-electron chi connectivity index (χ4n) is 1.64. The molecular weight excluding hydrogens is 264 g/mol. The van der Waals surface area contributed by atoms with E-state index in [-0.39, 0.29) is 5.56 Å². The second-order valence-electron chi connectivity index (χ2n) is 4.02. The molecule has 1 aromatic heterocycles. The summed E-state index contributed by atoms with van der Waals surface area (Å²) < 4.78 is 0. The second kappa shape index (κ2) is 5.71. The van der Waals surface area contributed by atoms with Crippen LogP contribution in [0, 0.1) is 0 Å². The molecule has 1 aromatic carbocycles. The van der Waals surface area contributed by atoms with E-state index in [1.165, 1.54) is 6.07 Å². The Balaban J connectivity index is 2.31. The van der Waals surface area contributed by atoms with Crippen LogP contribution in [0.2, 0.25) is 5.02 Å². The van der Waals surface area contributed by atoms with Crippen molar-refractivity contribution in [2.24, 2.45) is 0 Å². The van der Waals surface area contributed by atoms with Gasteiger partial charge < -0.3 is 10.4 Å². The van der Waals surface area contributed by atoms with E-state index in [0.717, 1.165) is 11.4 Å². The number of nitrogens with zero attached hydrogens (tertiary/aromatic N) is 1. The van der Waals surface area contributed by atoms with Gasteiger partial charge in [-0.1, -0.05) is 18.5 Å². The Morgan fingerprint density at radius 3 is 2.58 bits per heavy atom. The average molecular weight is 277 g/mol. The molecular formula is C14H13ClN2O2. The number of benzene rings is 1. The van der Waals surface area contributed by atoms with E-state index in [1.807, 2.05) is 19.1 Å². The summed E-state index contributed by atoms with van der Waals surface area (Å²) in [5.41, 5.74) is 1.76. The van der Waals surface area contributed by atoms with Crippen molar-refractivity contribution in [3.05, 3.63) is 52.7 Å². The number of carboxylic acid groups (broad SMARTS) is 1. The maximum atomic E-state index is 11.0. The third-order valence-corrected chi connectivity index (χ3v) is 2.86. The SMILES string of the molecule is CCc1cc(C(=O)O)cc(Nc2ccc(Cl)cc2)n1. The summed E-state index contributed by atoms with van der Waals surface area (Å²) in [6.45, 7) is 1.93. The lowest BCUT2D eigenvalue weighted by atomic mass is 10.2. The third kappa shape index (κ3) is 3.45. The van der Waals surface area contributed by atoms with Crippen molar-refractivity contribution in [3.63, 3.8) is 0 Å². The monoisotopic (exact) mass is 276 g/mol. The van der Waals surface area contributed by atoms with E-state index >= 15 is 0 Å². The van der Waals surface area contributed by atoms with Crippen LogP contribution in [0.5, 0.6) is 0 Å². The van der Waals surface area contributed by atoms with Gasteiger partial charge in [0.2, 0.25) is 0 Å². The molecule has 0 aliphatic carbocycles. The molecule has 0 bridgehead atoms. The summed E-state index contributed by atoms with van der Waals surface area (Å²) >= 11 is 5.81. The number of carboxylic acids is 1. The Labute approximate surface area is 116 Å². The first kappa shape index (κ1) is 13.4. The van der Waals surface area contributed by atoms with Gasteiger partial charge in [0.15, 0.2) is 0 Å². The van der Waals surface area contributed by atoms with Gasteiger partial charge in [-0.3, -0.25) is 0 Å². The van der Waals surface area contributed by atoms with E-state index in [4.69, 9.17) is 16.7 Å². The molecule has 1 heterocycles. The van der Waals surface area contributed by atoms with Gasteiger partial charge in [-0.15, -0.1) is 0 Å². The molecule has 0 aliphatic rings. The smallest absolute Gasteiger partial charge is 0.335 e. The number of nitrogens with one attached hydrogen (secondary N) is 1. The van der Waals surface area contributed by atoms with Gasteiger partial charge >= 0.3 is 5.97 Å². The summed E-state index contributed by atoms with van der Waals surface area (Å²) in [7, 11) is 0. The molecule has 0 radical (unpaired) electrons. The van der Waals surface area contributed by atoms with Crippen LogP contribution in [0.25, 0.3) is 0 Å². The van der Waals surface area contributed by atoms with Crippen molar-refractivity contribution in [2.75, 3.05) is 5.32 Å². The highest BCUT2D eigenvalue weighted by molar-refractivity contribution is 6.30. The van der Waals surface area contributed by atoms with Gasteiger partial charge in [-0.25, -0.2) is 9.78 Å². The summed E-state index contributed by atoms with van der Waals surface area (Å²) in [5.74, 6) is -0.449. The third-order valence-electron chi connectivity index (χ3n) is 2.60. The molecule has 2 rings (SSSR count). The van der Waals surface area contributed by atoms with Crippen molar-refractivity contribution < 1.29 is 9.90 Å². The number of hydrogen-bond acceptors (Lipinski definition) is 3. The van der Waals surface area contributed by atoms with Crippen LogP contribution in [0.4, 0.5) is 11.5 Å². The molecule has 0 unspecified atom stereocenters. The first-order valence-corrected chi connectivity index (χ1v) is 6.23. The lowest BCUT2D eigenvalue weighted by Crippen LogP contribution is -2.03. The fraction of sp³-hybridized carbons (Fsp3) is 0.143. The summed E-state index contributed by atoms with van der Waals surface area (Å²) in [6, 6.07) is 10.2. The zero-order valence-electron chi connectivity index (χ0n) is 10.4. The van der Waals surface area contributed by atoms with Crippen molar-refractivity contribution in [1.29, 1.82) is 0 Å². The van der Waals surface area contributed by atoms with Gasteiger partial charge in [-0.05, 0) is 42.8 Å². The number of pyridine rings is 1. The number of halogens is 1. The highest BCUT2D eigenvalue weighted by atomic mass is 35.5. The van der Waals surface area contributed by atoms with Crippen LogP contribution in [0.1, 0.15) is 23.0 Å². The zero-order chi connectivity index (χ0) is 13.8. The summed E-state index contributed by atoms with van der Waals surface area (Å²) in [6.07, 6.45) is 0.677. The van der Waals surface area contributed by atoms with Gasteiger partial charge in [0.05, 0.1) is 5.56 Å². The molecule has 0 atom stereocenters. The number of carbonyl (C=O) groups is 1. The topological polar surface area (TPSA) is 62.2 Å². The molecule has 0 saturated carbocycles. The molecule has 4 nitrogen and oxygen atoms in total. The van der Waals surface area contributed by atoms with E-state index in [2.05, 4.69) is 10.3 Å².